The largest absolute Gasteiger partial charge is 0.339 e. The maximum atomic E-state index is 12.7. The lowest BCUT2D eigenvalue weighted by Crippen LogP contribution is -2.37. The fraction of sp³-hybridized carbons (Fsp3) is 0.421. The van der Waals surface area contributed by atoms with Crippen LogP contribution in [0.15, 0.2) is 28.4 Å². The van der Waals surface area contributed by atoms with Gasteiger partial charge in [0.05, 0.1) is 17.5 Å². The van der Waals surface area contributed by atoms with Crippen molar-refractivity contribution in [2.75, 3.05) is 13.1 Å². The van der Waals surface area contributed by atoms with Crippen molar-refractivity contribution in [2.24, 2.45) is 0 Å². The van der Waals surface area contributed by atoms with E-state index < -0.39 is 0 Å². The monoisotopic (exact) mass is 383 g/mol. The molecule has 3 aromatic rings. The van der Waals surface area contributed by atoms with Crippen LogP contribution >= 0.6 is 11.3 Å². The fourth-order valence-corrected chi connectivity index (χ4v) is 4.02. The highest BCUT2D eigenvalue weighted by Gasteiger charge is 2.28. The van der Waals surface area contributed by atoms with Crippen molar-refractivity contribution < 1.29 is 9.32 Å². The Bertz CT molecular complexity index is 926. The van der Waals surface area contributed by atoms with Crippen LogP contribution in [0.1, 0.15) is 52.4 Å². The Kier molecular flexibility index (Phi) is 4.98. The Morgan fingerprint density at radius 1 is 1.30 bits per heavy atom. The zero-order valence-electron chi connectivity index (χ0n) is 15.4. The van der Waals surface area contributed by atoms with Gasteiger partial charge in [0.15, 0.2) is 5.82 Å². The lowest BCUT2D eigenvalue weighted by atomic mass is 9.96. The van der Waals surface area contributed by atoms with Crippen LogP contribution in [-0.4, -0.2) is 44.0 Å². The fourth-order valence-electron chi connectivity index (χ4n) is 3.21. The third-order valence-electron chi connectivity index (χ3n) is 4.84. The molecule has 0 aliphatic carbocycles. The second-order valence-corrected chi connectivity index (χ2v) is 7.72. The summed E-state index contributed by atoms with van der Waals surface area (Å²) in [5.41, 5.74) is 2.22. The van der Waals surface area contributed by atoms with Crippen LogP contribution < -0.4 is 0 Å². The van der Waals surface area contributed by atoms with E-state index in [1.807, 2.05) is 23.3 Å². The lowest BCUT2D eigenvalue weighted by Gasteiger charge is -2.30. The molecule has 1 fully saturated rings. The van der Waals surface area contributed by atoms with Gasteiger partial charge < -0.3 is 9.42 Å². The van der Waals surface area contributed by atoms with Crippen LogP contribution in [0.5, 0.6) is 0 Å². The van der Waals surface area contributed by atoms with Crippen molar-refractivity contribution in [2.45, 2.75) is 39.0 Å². The molecule has 4 heterocycles. The average molecular weight is 383 g/mol. The molecule has 0 saturated carbocycles. The first kappa shape index (κ1) is 17.8. The molecular weight excluding hydrogens is 362 g/mol. The number of hydrogen-bond acceptors (Lipinski definition) is 7. The molecule has 140 valence electrons. The third-order valence-corrected chi connectivity index (χ3v) is 5.92. The van der Waals surface area contributed by atoms with E-state index in [1.54, 1.807) is 23.7 Å². The molecule has 0 spiro atoms. The molecule has 3 aromatic heterocycles. The number of amides is 1. The van der Waals surface area contributed by atoms with Crippen molar-refractivity contribution in [1.29, 1.82) is 0 Å². The van der Waals surface area contributed by atoms with Crippen molar-refractivity contribution >= 4 is 17.2 Å². The van der Waals surface area contributed by atoms with Gasteiger partial charge in [-0.1, -0.05) is 12.1 Å². The highest BCUT2D eigenvalue weighted by molar-refractivity contribution is 7.10. The standard InChI is InChI=1S/C19H21N5O2S/c1-3-15-8-14(11-27-15)19(25)24-6-4-13(5-7-24)17-22-18(26-23-17)16-10-20-12(2)9-21-16/h8-11,13H,3-7H2,1-2H3. The van der Waals surface area contributed by atoms with E-state index in [4.69, 9.17) is 4.52 Å². The molecule has 1 amide bonds. The molecule has 27 heavy (non-hydrogen) atoms. The number of aromatic nitrogens is 4. The topological polar surface area (TPSA) is 85.0 Å². The highest BCUT2D eigenvalue weighted by atomic mass is 32.1. The molecule has 1 aliphatic rings. The van der Waals surface area contributed by atoms with Crippen molar-refractivity contribution in [3.8, 4) is 11.6 Å². The number of carbonyl (C=O) groups excluding carboxylic acids is 1. The predicted octanol–water partition coefficient (Wildman–Crippen LogP) is 3.48. The summed E-state index contributed by atoms with van der Waals surface area (Å²) in [7, 11) is 0. The van der Waals surface area contributed by atoms with E-state index in [1.165, 1.54) is 4.88 Å². The number of carbonyl (C=O) groups is 1. The van der Waals surface area contributed by atoms with Gasteiger partial charge in [-0.3, -0.25) is 9.78 Å². The first-order chi connectivity index (χ1) is 13.1. The van der Waals surface area contributed by atoms with Gasteiger partial charge in [0.25, 0.3) is 11.8 Å². The summed E-state index contributed by atoms with van der Waals surface area (Å²) in [6, 6.07) is 2.01. The van der Waals surface area contributed by atoms with Gasteiger partial charge in [-0.15, -0.1) is 11.3 Å². The first-order valence-electron chi connectivity index (χ1n) is 9.13. The summed E-state index contributed by atoms with van der Waals surface area (Å²) in [5.74, 6) is 1.39. The molecule has 1 saturated heterocycles. The van der Waals surface area contributed by atoms with Crippen molar-refractivity contribution in [1.82, 2.24) is 25.0 Å². The first-order valence-corrected chi connectivity index (χ1v) is 10.0. The second kappa shape index (κ2) is 7.56. The van der Waals surface area contributed by atoms with Gasteiger partial charge in [-0.25, -0.2) is 4.98 Å². The predicted molar refractivity (Wildman–Crippen MR) is 102 cm³/mol. The third kappa shape index (κ3) is 3.75. The molecule has 0 N–H and O–H groups in total. The zero-order valence-corrected chi connectivity index (χ0v) is 16.2. The molecule has 4 rings (SSSR count). The Hall–Kier alpha value is -2.61. The van der Waals surface area contributed by atoms with Gasteiger partial charge in [0, 0.05) is 35.5 Å². The molecule has 8 heteroatoms. The highest BCUT2D eigenvalue weighted by Crippen LogP contribution is 2.28. The smallest absolute Gasteiger partial charge is 0.278 e. The minimum atomic E-state index is 0.119. The van der Waals surface area contributed by atoms with Crippen LogP contribution in [0, 0.1) is 6.92 Å². The Morgan fingerprint density at radius 2 is 2.11 bits per heavy atom. The Balaban J connectivity index is 1.39. The maximum absolute atomic E-state index is 12.7. The summed E-state index contributed by atoms with van der Waals surface area (Å²) in [5, 5.41) is 6.09. The number of likely N-dealkylation sites (tertiary alicyclic amines) is 1. The van der Waals surface area contributed by atoms with Crippen LogP contribution in [0.4, 0.5) is 0 Å². The molecule has 0 aromatic carbocycles. The van der Waals surface area contributed by atoms with Gasteiger partial charge in [0.2, 0.25) is 0 Å². The summed E-state index contributed by atoms with van der Waals surface area (Å²) < 4.78 is 5.36. The van der Waals surface area contributed by atoms with Crippen LogP contribution in [-0.2, 0) is 6.42 Å². The lowest BCUT2D eigenvalue weighted by molar-refractivity contribution is 0.0711. The number of nitrogens with zero attached hydrogens (tertiary/aromatic N) is 5. The number of thiophene rings is 1. The zero-order chi connectivity index (χ0) is 18.8. The minimum absolute atomic E-state index is 0.119. The van der Waals surface area contributed by atoms with Crippen molar-refractivity contribution in [3.05, 3.63) is 45.8 Å². The Morgan fingerprint density at radius 3 is 2.78 bits per heavy atom. The van der Waals surface area contributed by atoms with Crippen LogP contribution in [0.25, 0.3) is 11.6 Å². The van der Waals surface area contributed by atoms with E-state index in [0.717, 1.165) is 30.5 Å². The van der Waals surface area contributed by atoms with Crippen LogP contribution in [0.3, 0.4) is 0 Å². The summed E-state index contributed by atoms with van der Waals surface area (Å²) in [4.78, 5) is 28.8. The maximum Gasteiger partial charge on any atom is 0.278 e. The minimum Gasteiger partial charge on any atom is -0.339 e. The van der Waals surface area contributed by atoms with Gasteiger partial charge in [-0.2, -0.15) is 4.98 Å². The van der Waals surface area contributed by atoms with E-state index >= 15 is 0 Å². The van der Waals surface area contributed by atoms with Crippen molar-refractivity contribution in [3.63, 3.8) is 0 Å². The quantitative estimate of drug-likeness (QED) is 0.686. The van der Waals surface area contributed by atoms with E-state index in [2.05, 4.69) is 27.0 Å². The molecule has 1 aliphatic heterocycles. The number of hydrogen-bond donors (Lipinski definition) is 0. The van der Waals surface area contributed by atoms with E-state index in [9.17, 15) is 4.79 Å². The molecular formula is C19H21N5O2S. The number of aryl methyl sites for hydroxylation is 2. The second-order valence-electron chi connectivity index (χ2n) is 6.72. The number of rotatable bonds is 4. The molecule has 7 nitrogen and oxygen atoms in total. The summed E-state index contributed by atoms with van der Waals surface area (Å²) >= 11 is 1.65. The van der Waals surface area contributed by atoms with Gasteiger partial charge in [-0.05, 0) is 32.3 Å². The molecule has 0 bridgehead atoms. The van der Waals surface area contributed by atoms with Crippen LogP contribution in [0.2, 0.25) is 0 Å². The number of piperidine rings is 1. The van der Waals surface area contributed by atoms with Gasteiger partial charge in [0.1, 0.15) is 5.69 Å². The van der Waals surface area contributed by atoms with E-state index in [-0.39, 0.29) is 11.8 Å². The summed E-state index contributed by atoms with van der Waals surface area (Å²) in [6.45, 7) is 5.39. The molecule has 0 radical (unpaired) electrons. The molecule has 0 atom stereocenters. The Labute approximate surface area is 161 Å². The van der Waals surface area contributed by atoms with Gasteiger partial charge >= 0.3 is 0 Å². The molecule has 0 unspecified atom stereocenters. The SMILES string of the molecule is CCc1cc(C(=O)N2CCC(c3noc(-c4cnc(C)cn4)n3)CC2)cs1. The average Bonchev–Trinajstić information content (AvgIpc) is 3.38. The normalized spacial score (nSPS) is 15.3. The van der Waals surface area contributed by atoms with E-state index in [0.29, 0.717) is 30.5 Å². The summed E-state index contributed by atoms with van der Waals surface area (Å²) in [6.07, 6.45) is 5.94.